The Bertz CT molecular complexity index is 1020. The number of carbonyl (C=O) groups is 1. The van der Waals surface area contributed by atoms with Gasteiger partial charge in [0.2, 0.25) is 0 Å². The molecule has 1 heterocycles. The lowest BCUT2D eigenvalue weighted by Crippen LogP contribution is -2.44. The first-order chi connectivity index (χ1) is 14.7. The van der Waals surface area contributed by atoms with E-state index in [1.807, 2.05) is 0 Å². The van der Waals surface area contributed by atoms with Gasteiger partial charge in [-0.05, 0) is 48.7 Å². The van der Waals surface area contributed by atoms with Crippen molar-refractivity contribution in [2.24, 2.45) is 0 Å². The normalized spacial score (nSPS) is 16.1. The molecule has 1 aliphatic heterocycles. The van der Waals surface area contributed by atoms with Crippen LogP contribution in [0.5, 0.6) is 0 Å². The van der Waals surface area contributed by atoms with Gasteiger partial charge in [0, 0.05) is 36.7 Å². The summed E-state index contributed by atoms with van der Waals surface area (Å²) in [5.74, 6) is -2.38. The van der Waals surface area contributed by atoms with Crippen molar-refractivity contribution in [1.29, 1.82) is 0 Å². The Morgan fingerprint density at radius 1 is 1.26 bits per heavy atom. The van der Waals surface area contributed by atoms with Gasteiger partial charge in [-0.15, -0.1) is 0 Å². The van der Waals surface area contributed by atoms with Gasteiger partial charge in [-0.3, -0.25) is 0 Å². The second-order valence-electron chi connectivity index (χ2n) is 7.02. The summed E-state index contributed by atoms with van der Waals surface area (Å²) in [7, 11) is 0. The fraction of sp³-hybridized carbons (Fsp3) is 0.286. The summed E-state index contributed by atoms with van der Waals surface area (Å²) >= 11 is 5.76. The van der Waals surface area contributed by atoms with E-state index < -0.39 is 35.8 Å². The van der Waals surface area contributed by atoms with Gasteiger partial charge in [0.15, 0.2) is 6.23 Å². The van der Waals surface area contributed by atoms with Crippen molar-refractivity contribution >= 4 is 28.9 Å². The zero-order valence-electron chi connectivity index (χ0n) is 16.5. The number of benzene rings is 2. The van der Waals surface area contributed by atoms with E-state index in [2.05, 4.69) is 10.6 Å². The molecule has 3 rings (SSSR count). The Hall–Kier alpha value is -2.75. The van der Waals surface area contributed by atoms with Crippen LogP contribution in [0.1, 0.15) is 30.7 Å². The molecule has 2 unspecified atom stereocenters. The van der Waals surface area contributed by atoms with E-state index in [0.717, 1.165) is 12.1 Å². The van der Waals surface area contributed by atoms with E-state index in [1.165, 1.54) is 23.2 Å². The third-order valence-electron chi connectivity index (χ3n) is 4.98. The third-order valence-corrected chi connectivity index (χ3v) is 5.27. The lowest BCUT2D eigenvalue weighted by molar-refractivity contribution is 0.148. The summed E-state index contributed by atoms with van der Waals surface area (Å²) in [6.45, 7) is 1.58. The molecular formula is C21H21ClF3N3O3. The molecule has 0 aliphatic carbocycles. The first-order valence-electron chi connectivity index (χ1n) is 9.50. The Kier molecular flexibility index (Phi) is 7.09. The Balaban J connectivity index is 1.92. The minimum atomic E-state index is -1.37. The van der Waals surface area contributed by atoms with Crippen LogP contribution >= 0.6 is 11.6 Å². The SMILES string of the molecule is CC(C1=CNC(O)c2c(F)cc(F)cc21)N(CCCO)C(=O)Nc1ccc(F)c(Cl)c1. The maximum atomic E-state index is 14.3. The average molecular weight is 456 g/mol. The number of nitrogens with one attached hydrogen (secondary N) is 2. The number of fused-ring (bicyclic) bond motifs is 1. The number of aliphatic hydroxyl groups excluding tert-OH is 2. The molecule has 4 N–H and O–H groups in total. The summed E-state index contributed by atoms with van der Waals surface area (Å²) in [4.78, 5) is 14.3. The molecule has 0 bridgehead atoms. The monoisotopic (exact) mass is 455 g/mol. The number of halogens is 4. The van der Waals surface area contributed by atoms with Gasteiger partial charge in [0.25, 0.3) is 0 Å². The van der Waals surface area contributed by atoms with Crippen molar-refractivity contribution in [1.82, 2.24) is 10.2 Å². The molecule has 0 fully saturated rings. The average Bonchev–Trinajstić information content (AvgIpc) is 2.70. The largest absolute Gasteiger partial charge is 0.396 e. The van der Waals surface area contributed by atoms with Gasteiger partial charge < -0.3 is 25.7 Å². The minimum Gasteiger partial charge on any atom is -0.396 e. The van der Waals surface area contributed by atoms with Crippen molar-refractivity contribution in [2.75, 3.05) is 18.5 Å². The highest BCUT2D eigenvalue weighted by Crippen LogP contribution is 2.34. The molecule has 6 nitrogen and oxygen atoms in total. The van der Waals surface area contributed by atoms with Crippen molar-refractivity contribution in [2.45, 2.75) is 25.6 Å². The highest BCUT2D eigenvalue weighted by atomic mass is 35.5. The smallest absolute Gasteiger partial charge is 0.322 e. The van der Waals surface area contributed by atoms with Crippen LogP contribution in [0.25, 0.3) is 5.57 Å². The predicted molar refractivity (Wildman–Crippen MR) is 111 cm³/mol. The quantitative estimate of drug-likeness (QED) is 0.530. The molecule has 0 saturated heterocycles. The van der Waals surface area contributed by atoms with Gasteiger partial charge in [-0.25, -0.2) is 18.0 Å². The number of rotatable bonds is 6. The number of hydrogen-bond donors (Lipinski definition) is 4. The van der Waals surface area contributed by atoms with E-state index in [-0.39, 0.29) is 41.4 Å². The maximum absolute atomic E-state index is 14.3. The molecule has 2 amide bonds. The number of nitrogens with zero attached hydrogens (tertiary/aromatic N) is 1. The topological polar surface area (TPSA) is 84.8 Å². The lowest BCUT2D eigenvalue weighted by Gasteiger charge is -2.34. The van der Waals surface area contributed by atoms with Crippen LogP contribution in [0, 0.1) is 17.5 Å². The summed E-state index contributed by atoms with van der Waals surface area (Å²) in [6, 6.07) is 4.17. The van der Waals surface area contributed by atoms with Gasteiger partial charge >= 0.3 is 6.03 Å². The molecule has 2 atom stereocenters. The minimum absolute atomic E-state index is 0.117. The fourth-order valence-electron chi connectivity index (χ4n) is 3.43. The zero-order chi connectivity index (χ0) is 22.7. The van der Waals surface area contributed by atoms with Crippen LogP contribution in [0.4, 0.5) is 23.7 Å². The van der Waals surface area contributed by atoms with Crippen LogP contribution in [-0.2, 0) is 0 Å². The van der Waals surface area contributed by atoms with Crippen molar-refractivity contribution in [3.63, 3.8) is 0 Å². The van der Waals surface area contributed by atoms with Crippen molar-refractivity contribution in [3.8, 4) is 0 Å². The number of hydrogen-bond acceptors (Lipinski definition) is 4. The second-order valence-corrected chi connectivity index (χ2v) is 7.43. The molecule has 0 aromatic heterocycles. The van der Waals surface area contributed by atoms with Gasteiger partial charge in [-0.2, -0.15) is 0 Å². The molecule has 2 aromatic carbocycles. The van der Waals surface area contributed by atoms with Crippen LogP contribution in [-0.4, -0.2) is 40.3 Å². The Labute approximate surface area is 181 Å². The molecule has 2 aromatic rings. The number of amides is 2. The van der Waals surface area contributed by atoms with E-state index in [4.69, 9.17) is 11.6 Å². The van der Waals surface area contributed by atoms with Crippen molar-refractivity contribution in [3.05, 3.63) is 70.1 Å². The predicted octanol–water partition coefficient (Wildman–Crippen LogP) is 4.00. The summed E-state index contributed by atoms with van der Waals surface area (Å²) in [5.41, 5.74) is 0.617. The van der Waals surface area contributed by atoms with Gasteiger partial charge in [-0.1, -0.05) is 11.6 Å². The maximum Gasteiger partial charge on any atom is 0.322 e. The molecular weight excluding hydrogens is 435 g/mol. The molecule has 166 valence electrons. The number of anilines is 1. The van der Waals surface area contributed by atoms with Crippen LogP contribution in [0.2, 0.25) is 5.02 Å². The van der Waals surface area contributed by atoms with Crippen LogP contribution < -0.4 is 10.6 Å². The Morgan fingerprint density at radius 3 is 2.68 bits per heavy atom. The molecule has 1 aliphatic rings. The zero-order valence-corrected chi connectivity index (χ0v) is 17.3. The van der Waals surface area contributed by atoms with Crippen LogP contribution in [0.15, 0.2) is 36.5 Å². The third kappa shape index (κ3) is 4.95. The lowest BCUT2D eigenvalue weighted by atomic mass is 9.91. The van der Waals surface area contributed by atoms with E-state index in [0.29, 0.717) is 11.6 Å². The summed E-state index contributed by atoms with van der Waals surface area (Å²) < 4.78 is 41.6. The van der Waals surface area contributed by atoms with Gasteiger partial charge in [0.1, 0.15) is 17.5 Å². The fourth-order valence-corrected chi connectivity index (χ4v) is 3.61. The Morgan fingerprint density at radius 2 is 2.00 bits per heavy atom. The van der Waals surface area contributed by atoms with E-state index in [9.17, 15) is 28.2 Å². The number of urea groups is 1. The van der Waals surface area contributed by atoms with Crippen LogP contribution in [0.3, 0.4) is 0 Å². The highest BCUT2D eigenvalue weighted by Gasteiger charge is 2.31. The van der Waals surface area contributed by atoms with E-state index >= 15 is 0 Å². The molecule has 31 heavy (non-hydrogen) atoms. The first kappa shape index (κ1) is 22.9. The standard InChI is InChI=1S/C21H21ClF3N3O3/c1-11(15-10-26-20(30)19-14(15)7-12(23)8-18(19)25)28(5-2-6-29)21(31)27-13-3-4-17(24)16(22)9-13/h3-4,7-11,20,26,29-30H,2,5-6H2,1H3,(H,27,31). The van der Waals surface area contributed by atoms with Crippen molar-refractivity contribution < 1.29 is 28.2 Å². The first-order valence-corrected chi connectivity index (χ1v) is 9.87. The molecule has 0 radical (unpaired) electrons. The highest BCUT2D eigenvalue weighted by molar-refractivity contribution is 6.31. The second kappa shape index (κ2) is 9.59. The summed E-state index contributed by atoms with van der Waals surface area (Å²) in [6.07, 6.45) is 0.271. The molecule has 0 spiro atoms. The summed E-state index contributed by atoms with van der Waals surface area (Å²) in [5, 5.41) is 24.4. The van der Waals surface area contributed by atoms with Gasteiger partial charge in [0.05, 0.1) is 11.1 Å². The molecule has 10 heteroatoms. The molecule has 0 saturated carbocycles. The number of aliphatic hydroxyl groups is 2. The number of carbonyl (C=O) groups excluding carboxylic acids is 1. The van der Waals surface area contributed by atoms with E-state index in [1.54, 1.807) is 6.92 Å².